The second kappa shape index (κ2) is 8.10. The number of benzene rings is 1. The number of hydrogen-bond donors (Lipinski definition) is 1. The molecule has 2 heterocycles. The number of thiazole rings is 1. The van der Waals surface area contributed by atoms with Gasteiger partial charge in [0.15, 0.2) is 0 Å². The monoisotopic (exact) mass is 388 g/mol. The van der Waals surface area contributed by atoms with Crippen molar-refractivity contribution in [2.24, 2.45) is 0 Å². The number of hydrogen-bond acceptors (Lipinski definition) is 6. The van der Waals surface area contributed by atoms with Crippen LogP contribution in [0.3, 0.4) is 0 Å². The Morgan fingerprint density at radius 2 is 2.15 bits per heavy atom. The van der Waals surface area contributed by atoms with Crippen LogP contribution in [0.25, 0.3) is 16.1 Å². The zero-order chi connectivity index (χ0) is 19.4. The largest absolute Gasteiger partial charge is 0.496 e. The fourth-order valence-corrected chi connectivity index (χ4v) is 3.48. The van der Waals surface area contributed by atoms with E-state index in [1.807, 2.05) is 39.0 Å². The molecule has 0 saturated carbocycles. The van der Waals surface area contributed by atoms with Crippen LogP contribution in [-0.4, -0.2) is 37.0 Å². The second-order valence-corrected chi connectivity index (χ2v) is 7.99. The summed E-state index contributed by atoms with van der Waals surface area (Å²) in [7, 11) is 1.67. The van der Waals surface area contributed by atoms with E-state index in [9.17, 15) is 4.79 Å². The summed E-state index contributed by atoms with van der Waals surface area (Å²) in [5, 5.41) is 5.25. The van der Waals surface area contributed by atoms with Crippen molar-refractivity contribution in [1.82, 2.24) is 4.98 Å². The highest BCUT2D eigenvalue weighted by atomic mass is 32.1. The van der Waals surface area contributed by atoms with E-state index in [0.717, 1.165) is 34.9 Å². The van der Waals surface area contributed by atoms with Crippen LogP contribution in [0, 0.1) is 0 Å². The third-order valence-electron chi connectivity index (χ3n) is 3.89. The van der Waals surface area contributed by atoms with Gasteiger partial charge in [-0.1, -0.05) is 18.2 Å². The van der Waals surface area contributed by atoms with Crippen molar-refractivity contribution in [2.75, 3.05) is 25.6 Å². The zero-order valence-electron chi connectivity index (χ0n) is 16.0. The zero-order valence-corrected chi connectivity index (χ0v) is 16.8. The molecule has 2 aromatic rings. The number of nitrogens with zero attached hydrogens (tertiary/aromatic N) is 1. The number of rotatable bonds is 4. The molecule has 0 atom stereocenters. The molecule has 3 rings (SSSR count). The minimum absolute atomic E-state index is 0.472. The van der Waals surface area contributed by atoms with Gasteiger partial charge >= 0.3 is 6.09 Å². The summed E-state index contributed by atoms with van der Waals surface area (Å²) in [6.07, 6.45) is 2.45. The van der Waals surface area contributed by atoms with Crippen molar-refractivity contribution in [3.05, 3.63) is 35.2 Å². The van der Waals surface area contributed by atoms with Crippen LogP contribution in [-0.2, 0) is 9.47 Å². The Kier molecular flexibility index (Phi) is 5.82. The Morgan fingerprint density at radius 3 is 2.81 bits per heavy atom. The minimum Gasteiger partial charge on any atom is -0.496 e. The van der Waals surface area contributed by atoms with Crippen LogP contribution >= 0.6 is 11.3 Å². The summed E-state index contributed by atoms with van der Waals surface area (Å²) in [5.74, 6) is 1.27. The Hall–Kier alpha value is -2.38. The fraction of sp³-hybridized carbons (Fsp3) is 0.400. The van der Waals surface area contributed by atoms with Crippen LogP contribution in [0.2, 0.25) is 0 Å². The summed E-state index contributed by atoms with van der Waals surface area (Å²) < 4.78 is 16.2. The van der Waals surface area contributed by atoms with Crippen LogP contribution in [0.15, 0.2) is 29.7 Å². The van der Waals surface area contributed by atoms with Gasteiger partial charge in [-0.2, -0.15) is 0 Å². The maximum atomic E-state index is 11.9. The molecule has 0 aliphatic carbocycles. The molecule has 1 N–H and O–H groups in total. The first-order chi connectivity index (χ1) is 12.9. The molecular weight excluding hydrogens is 364 g/mol. The Labute approximate surface area is 163 Å². The summed E-state index contributed by atoms with van der Waals surface area (Å²) >= 11 is 1.45. The van der Waals surface area contributed by atoms with Crippen molar-refractivity contribution < 1.29 is 19.0 Å². The van der Waals surface area contributed by atoms with E-state index in [0.29, 0.717) is 12.4 Å². The van der Waals surface area contributed by atoms with Gasteiger partial charge in [-0.05, 0) is 38.8 Å². The number of nitrogens with one attached hydrogen (secondary N) is 1. The molecule has 1 aromatic carbocycles. The molecule has 6 nitrogen and oxygen atoms in total. The average molecular weight is 388 g/mol. The molecule has 144 valence electrons. The molecule has 0 spiro atoms. The molecule has 0 unspecified atom stereocenters. The minimum atomic E-state index is -0.551. The van der Waals surface area contributed by atoms with Gasteiger partial charge in [0.25, 0.3) is 0 Å². The topological polar surface area (TPSA) is 69.7 Å². The normalized spacial score (nSPS) is 14.4. The van der Waals surface area contributed by atoms with Crippen LogP contribution in [0.1, 0.15) is 32.8 Å². The molecule has 7 heteroatoms. The van der Waals surface area contributed by atoms with Gasteiger partial charge in [-0.25, -0.2) is 9.78 Å². The average Bonchev–Trinajstić information content (AvgIpc) is 3.08. The van der Waals surface area contributed by atoms with Gasteiger partial charge in [0.05, 0.1) is 20.3 Å². The van der Waals surface area contributed by atoms with E-state index in [4.69, 9.17) is 14.2 Å². The van der Waals surface area contributed by atoms with Gasteiger partial charge in [0.2, 0.25) is 0 Å². The number of ether oxygens (including phenoxy) is 3. The first kappa shape index (κ1) is 19.4. The first-order valence-corrected chi connectivity index (χ1v) is 9.65. The van der Waals surface area contributed by atoms with Crippen molar-refractivity contribution in [2.45, 2.75) is 32.8 Å². The summed E-state index contributed by atoms with van der Waals surface area (Å²) in [4.78, 5) is 16.4. The molecule has 1 aromatic heterocycles. The molecule has 1 aliphatic heterocycles. The number of amides is 1. The molecule has 1 amide bonds. The quantitative estimate of drug-likeness (QED) is 0.801. The highest BCUT2D eigenvalue weighted by molar-refractivity contribution is 7.13. The van der Waals surface area contributed by atoms with E-state index in [2.05, 4.69) is 16.4 Å². The van der Waals surface area contributed by atoms with Crippen LogP contribution in [0.5, 0.6) is 5.75 Å². The van der Waals surface area contributed by atoms with Gasteiger partial charge < -0.3 is 14.2 Å². The molecule has 1 aliphatic rings. The van der Waals surface area contributed by atoms with Gasteiger partial charge in [-0.15, -0.1) is 11.3 Å². The smallest absolute Gasteiger partial charge is 0.413 e. The molecule has 27 heavy (non-hydrogen) atoms. The van der Waals surface area contributed by atoms with Crippen LogP contribution in [0.4, 0.5) is 10.6 Å². The molecule has 0 bridgehead atoms. The van der Waals surface area contributed by atoms with Crippen molar-refractivity contribution in [3.8, 4) is 16.3 Å². The van der Waals surface area contributed by atoms with Crippen LogP contribution < -0.4 is 10.1 Å². The lowest BCUT2D eigenvalue weighted by Gasteiger charge is -2.19. The Balaban J connectivity index is 1.78. The van der Waals surface area contributed by atoms with Crippen molar-refractivity contribution in [1.29, 1.82) is 0 Å². The van der Waals surface area contributed by atoms with E-state index < -0.39 is 11.7 Å². The number of aromatic nitrogens is 1. The van der Waals surface area contributed by atoms with E-state index in [-0.39, 0.29) is 0 Å². The van der Waals surface area contributed by atoms with E-state index in [1.54, 1.807) is 12.5 Å². The fourth-order valence-electron chi connectivity index (χ4n) is 2.73. The molecule has 0 radical (unpaired) electrons. The second-order valence-electron chi connectivity index (χ2n) is 7.13. The van der Waals surface area contributed by atoms with Gasteiger partial charge in [-0.3, -0.25) is 5.32 Å². The number of anilines is 1. The number of methoxy groups -OCH3 is 1. The lowest BCUT2D eigenvalue weighted by Crippen LogP contribution is -2.27. The van der Waals surface area contributed by atoms with Crippen molar-refractivity contribution in [3.63, 3.8) is 0 Å². The predicted octanol–water partition coefficient (Wildman–Crippen LogP) is 4.97. The third kappa shape index (κ3) is 5.08. The lowest BCUT2D eigenvalue weighted by atomic mass is 9.99. The standard InChI is InChI=1S/C20H24N2O4S/c1-20(2,3)26-19(23)22-17-12-27-18(21-17)14-5-6-15(16(11-14)24-4)13-7-9-25-10-8-13/h5-7,11-12H,8-10H2,1-4H3,(H,22,23). The van der Waals surface area contributed by atoms with Gasteiger partial charge in [0, 0.05) is 16.5 Å². The molecule has 0 saturated heterocycles. The SMILES string of the molecule is COc1cc(-c2nc(NC(=O)OC(C)(C)C)cs2)ccc1C1=CCOCC1. The highest BCUT2D eigenvalue weighted by Gasteiger charge is 2.18. The number of carbonyl (C=O) groups is 1. The van der Waals surface area contributed by atoms with Crippen molar-refractivity contribution >= 4 is 28.8 Å². The van der Waals surface area contributed by atoms with E-state index in [1.165, 1.54) is 16.9 Å². The first-order valence-electron chi connectivity index (χ1n) is 8.77. The molecule has 0 fully saturated rings. The van der Waals surface area contributed by atoms with E-state index >= 15 is 0 Å². The third-order valence-corrected chi connectivity index (χ3v) is 4.78. The Bertz CT molecular complexity index is 852. The summed E-state index contributed by atoms with van der Waals surface area (Å²) in [6, 6.07) is 6.04. The number of carbonyl (C=O) groups excluding carboxylic acids is 1. The van der Waals surface area contributed by atoms with Gasteiger partial charge in [0.1, 0.15) is 22.2 Å². The highest BCUT2D eigenvalue weighted by Crippen LogP contribution is 2.35. The molecular formula is C20H24N2O4S. The summed E-state index contributed by atoms with van der Waals surface area (Å²) in [5.41, 5.74) is 2.69. The maximum Gasteiger partial charge on any atom is 0.413 e. The Morgan fingerprint density at radius 1 is 1.33 bits per heavy atom. The maximum absolute atomic E-state index is 11.9. The predicted molar refractivity (Wildman–Crippen MR) is 107 cm³/mol. The summed E-state index contributed by atoms with van der Waals surface area (Å²) in [6.45, 7) is 6.82. The lowest BCUT2D eigenvalue weighted by molar-refractivity contribution is 0.0635.